The number of nitrogens with two attached hydrogens (primary N) is 1. The molecular weight excluding hydrogens is 396 g/mol. The number of amides is 5. The molecule has 2 atom stereocenters. The van der Waals surface area contributed by atoms with E-state index in [4.69, 9.17) is 5.73 Å². The van der Waals surface area contributed by atoms with E-state index >= 15 is 0 Å². The van der Waals surface area contributed by atoms with E-state index in [1.54, 1.807) is 0 Å². The third-order valence-corrected chi connectivity index (χ3v) is 5.16. The SMILES string of the molecule is NC(=O)C(CCCNC(=O)Cc1ccccc1)N1C(=O)NC(Cc2ccccc2)C1=O. The second-order valence-corrected chi connectivity index (χ2v) is 7.47. The van der Waals surface area contributed by atoms with E-state index in [0.717, 1.165) is 16.0 Å². The summed E-state index contributed by atoms with van der Waals surface area (Å²) in [6, 6.07) is 16.2. The molecule has 5 amide bonds. The Kier molecular flexibility index (Phi) is 7.37. The highest BCUT2D eigenvalue weighted by atomic mass is 16.2. The standard InChI is InChI=1S/C23H26N4O4/c24-21(29)19(12-7-13-25-20(28)15-17-10-5-2-6-11-17)27-22(30)18(26-23(27)31)14-16-8-3-1-4-9-16/h1-6,8-11,18-19H,7,12-15H2,(H2,24,29)(H,25,28)(H,26,31). The van der Waals surface area contributed by atoms with E-state index < -0.39 is 29.9 Å². The Morgan fingerprint density at radius 1 is 1.00 bits per heavy atom. The molecule has 0 aromatic heterocycles. The zero-order valence-corrected chi connectivity index (χ0v) is 17.1. The molecule has 8 heteroatoms. The van der Waals surface area contributed by atoms with Crippen molar-refractivity contribution in [2.45, 2.75) is 37.8 Å². The number of rotatable bonds is 10. The number of benzene rings is 2. The van der Waals surface area contributed by atoms with Gasteiger partial charge < -0.3 is 16.4 Å². The van der Waals surface area contributed by atoms with Crippen LogP contribution in [0, 0.1) is 0 Å². The maximum atomic E-state index is 12.8. The van der Waals surface area contributed by atoms with Crippen LogP contribution in [0.1, 0.15) is 24.0 Å². The van der Waals surface area contributed by atoms with Gasteiger partial charge in [0.1, 0.15) is 12.1 Å². The number of carbonyl (C=O) groups excluding carboxylic acids is 4. The maximum absolute atomic E-state index is 12.8. The lowest BCUT2D eigenvalue weighted by molar-refractivity contribution is -0.135. The van der Waals surface area contributed by atoms with Gasteiger partial charge in [-0.1, -0.05) is 60.7 Å². The van der Waals surface area contributed by atoms with E-state index in [1.807, 2.05) is 60.7 Å². The number of primary amides is 1. The third-order valence-electron chi connectivity index (χ3n) is 5.16. The summed E-state index contributed by atoms with van der Waals surface area (Å²) in [5, 5.41) is 5.42. The number of nitrogens with zero attached hydrogens (tertiary/aromatic N) is 1. The van der Waals surface area contributed by atoms with Crippen LogP contribution in [0.3, 0.4) is 0 Å². The Balaban J connectivity index is 1.51. The summed E-state index contributed by atoms with van der Waals surface area (Å²) < 4.78 is 0. The summed E-state index contributed by atoms with van der Waals surface area (Å²) in [5.41, 5.74) is 7.29. The van der Waals surface area contributed by atoms with Crippen molar-refractivity contribution >= 4 is 23.8 Å². The number of nitrogens with one attached hydrogen (secondary N) is 2. The molecule has 1 aliphatic heterocycles. The first kappa shape index (κ1) is 22.0. The molecule has 1 saturated heterocycles. The third kappa shape index (κ3) is 5.91. The van der Waals surface area contributed by atoms with Crippen LogP contribution in [0.2, 0.25) is 0 Å². The Morgan fingerprint density at radius 2 is 1.61 bits per heavy atom. The predicted octanol–water partition coefficient (Wildman–Crippen LogP) is 1.14. The van der Waals surface area contributed by atoms with Crippen LogP contribution in [-0.4, -0.2) is 47.3 Å². The van der Waals surface area contributed by atoms with Crippen LogP contribution in [0.25, 0.3) is 0 Å². The van der Waals surface area contributed by atoms with Crippen molar-refractivity contribution in [1.82, 2.24) is 15.5 Å². The number of carbonyl (C=O) groups is 4. The van der Waals surface area contributed by atoms with Crippen LogP contribution in [0.4, 0.5) is 4.79 Å². The van der Waals surface area contributed by atoms with Gasteiger partial charge in [-0.25, -0.2) is 9.69 Å². The minimum atomic E-state index is -1.06. The van der Waals surface area contributed by atoms with E-state index in [2.05, 4.69) is 10.6 Å². The molecule has 1 aliphatic rings. The first-order valence-corrected chi connectivity index (χ1v) is 10.2. The Hall–Kier alpha value is -3.68. The Bertz CT molecular complexity index is 933. The largest absolute Gasteiger partial charge is 0.368 e. The molecule has 0 saturated carbocycles. The predicted molar refractivity (Wildman–Crippen MR) is 115 cm³/mol. The first-order valence-electron chi connectivity index (χ1n) is 10.2. The van der Waals surface area contributed by atoms with Gasteiger partial charge in [-0.05, 0) is 24.0 Å². The van der Waals surface area contributed by atoms with Crippen molar-refractivity contribution in [1.29, 1.82) is 0 Å². The quantitative estimate of drug-likeness (QED) is 0.393. The molecule has 3 rings (SSSR count). The lowest BCUT2D eigenvalue weighted by Crippen LogP contribution is -2.48. The molecule has 0 aliphatic carbocycles. The molecular formula is C23H26N4O4. The fraction of sp³-hybridized carbons (Fsp3) is 0.304. The van der Waals surface area contributed by atoms with Gasteiger partial charge in [-0.2, -0.15) is 0 Å². The topological polar surface area (TPSA) is 122 Å². The lowest BCUT2D eigenvalue weighted by atomic mass is 10.0. The molecule has 2 aromatic rings. The Morgan fingerprint density at radius 3 is 2.23 bits per heavy atom. The van der Waals surface area contributed by atoms with Crippen molar-refractivity contribution in [3.8, 4) is 0 Å². The van der Waals surface area contributed by atoms with Gasteiger partial charge in [0.15, 0.2) is 0 Å². The summed E-state index contributed by atoms with van der Waals surface area (Å²) in [6.45, 7) is 0.312. The molecule has 4 N–H and O–H groups in total. The van der Waals surface area contributed by atoms with Gasteiger partial charge in [0.25, 0.3) is 5.91 Å². The number of imide groups is 1. The minimum absolute atomic E-state index is 0.139. The van der Waals surface area contributed by atoms with Crippen LogP contribution in [0.15, 0.2) is 60.7 Å². The van der Waals surface area contributed by atoms with Crippen LogP contribution in [0.5, 0.6) is 0 Å². The molecule has 0 radical (unpaired) electrons. The molecule has 31 heavy (non-hydrogen) atoms. The maximum Gasteiger partial charge on any atom is 0.325 e. The second kappa shape index (κ2) is 10.4. The molecule has 0 spiro atoms. The number of hydrogen-bond donors (Lipinski definition) is 3. The van der Waals surface area contributed by atoms with E-state index in [1.165, 1.54) is 0 Å². The molecule has 8 nitrogen and oxygen atoms in total. The normalized spacial score (nSPS) is 16.6. The summed E-state index contributed by atoms with van der Waals surface area (Å²) in [5.74, 6) is -1.36. The summed E-state index contributed by atoms with van der Waals surface area (Å²) in [7, 11) is 0. The molecule has 2 unspecified atom stereocenters. The highest BCUT2D eigenvalue weighted by Crippen LogP contribution is 2.17. The van der Waals surface area contributed by atoms with Crippen LogP contribution >= 0.6 is 0 Å². The average Bonchev–Trinajstić information content (AvgIpc) is 3.02. The number of hydrogen-bond acceptors (Lipinski definition) is 4. The van der Waals surface area contributed by atoms with Crippen molar-refractivity contribution < 1.29 is 19.2 Å². The zero-order chi connectivity index (χ0) is 22.2. The fourth-order valence-electron chi connectivity index (χ4n) is 3.60. The van der Waals surface area contributed by atoms with Crippen molar-refractivity contribution in [3.05, 3.63) is 71.8 Å². The van der Waals surface area contributed by atoms with Gasteiger partial charge in [0, 0.05) is 13.0 Å². The van der Waals surface area contributed by atoms with E-state index in [0.29, 0.717) is 19.4 Å². The van der Waals surface area contributed by atoms with Crippen LogP contribution < -0.4 is 16.4 Å². The smallest absolute Gasteiger partial charge is 0.325 e. The van der Waals surface area contributed by atoms with Gasteiger partial charge >= 0.3 is 6.03 Å². The average molecular weight is 422 g/mol. The molecule has 1 fully saturated rings. The van der Waals surface area contributed by atoms with Crippen molar-refractivity contribution in [2.75, 3.05) is 6.54 Å². The second-order valence-electron chi connectivity index (χ2n) is 7.47. The summed E-state index contributed by atoms with van der Waals surface area (Å²) in [6.07, 6.45) is 1.17. The highest BCUT2D eigenvalue weighted by molar-refractivity contribution is 6.07. The molecule has 162 valence electrons. The fourth-order valence-corrected chi connectivity index (χ4v) is 3.60. The summed E-state index contributed by atoms with van der Waals surface area (Å²) in [4.78, 5) is 50.1. The van der Waals surface area contributed by atoms with Gasteiger partial charge in [-0.15, -0.1) is 0 Å². The molecule has 0 bridgehead atoms. The van der Waals surface area contributed by atoms with E-state index in [9.17, 15) is 19.2 Å². The monoisotopic (exact) mass is 422 g/mol. The number of urea groups is 1. The van der Waals surface area contributed by atoms with Gasteiger partial charge in [0.05, 0.1) is 6.42 Å². The lowest BCUT2D eigenvalue weighted by Gasteiger charge is -2.22. The first-order chi connectivity index (χ1) is 15.0. The van der Waals surface area contributed by atoms with Gasteiger partial charge in [-0.3, -0.25) is 14.4 Å². The highest BCUT2D eigenvalue weighted by Gasteiger charge is 2.43. The molecule has 1 heterocycles. The van der Waals surface area contributed by atoms with Crippen molar-refractivity contribution in [3.63, 3.8) is 0 Å². The Labute approximate surface area is 180 Å². The molecule has 2 aromatic carbocycles. The van der Waals surface area contributed by atoms with Gasteiger partial charge in [0.2, 0.25) is 11.8 Å². The minimum Gasteiger partial charge on any atom is -0.368 e. The summed E-state index contributed by atoms with van der Waals surface area (Å²) >= 11 is 0. The van der Waals surface area contributed by atoms with Crippen LogP contribution in [-0.2, 0) is 27.2 Å². The zero-order valence-electron chi connectivity index (χ0n) is 17.1. The van der Waals surface area contributed by atoms with E-state index in [-0.39, 0.29) is 18.7 Å². The van der Waals surface area contributed by atoms with Crippen molar-refractivity contribution in [2.24, 2.45) is 5.73 Å².